The number of rotatable bonds is 5. The molecular weight excluding hydrogens is 238 g/mol. The van der Waals surface area contributed by atoms with Crippen molar-refractivity contribution >= 4 is 18.4 Å². The molecular formula is C13H20ClNO2. The average Bonchev–Trinajstić information content (AvgIpc) is 2.25. The van der Waals surface area contributed by atoms with Gasteiger partial charge in [0.1, 0.15) is 5.75 Å². The zero-order valence-corrected chi connectivity index (χ0v) is 11.4. The quantitative estimate of drug-likeness (QED) is 0.600. The Balaban J connectivity index is 0.00000256. The second-order valence-corrected chi connectivity index (χ2v) is 3.70. The van der Waals surface area contributed by atoms with E-state index in [-0.39, 0.29) is 18.4 Å². The highest BCUT2D eigenvalue weighted by Crippen LogP contribution is 2.15. The van der Waals surface area contributed by atoms with E-state index >= 15 is 0 Å². The number of hydrogen-bond acceptors (Lipinski definition) is 3. The van der Waals surface area contributed by atoms with Gasteiger partial charge < -0.3 is 4.74 Å². The molecule has 1 aromatic rings. The van der Waals surface area contributed by atoms with Gasteiger partial charge in [0.15, 0.2) is 0 Å². The summed E-state index contributed by atoms with van der Waals surface area (Å²) in [6.45, 7) is 8.63. The smallest absolute Gasteiger partial charge is 0.308 e. The molecule has 1 aromatic carbocycles. The minimum atomic E-state index is -0.278. The standard InChI is InChI=1S/C13H19NO2.ClH/c1-4-14(5-2)10-12-7-6-8-13(9-12)16-11(3)15;/h6-9H,4-5,10H2,1-3H3;1H. The van der Waals surface area contributed by atoms with Crippen LogP contribution in [0.3, 0.4) is 0 Å². The summed E-state index contributed by atoms with van der Waals surface area (Å²) in [6.07, 6.45) is 0. The van der Waals surface area contributed by atoms with Crippen molar-refractivity contribution in [1.82, 2.24) is 4.90 Å². The van der Waals surface area contributed by atoms with Crippen molar-refractivity contribution in [3.63, 3.8) is 0 Å². The van der Waals surface area contributed by atoms with Gasteiger partial charge in [-0.25, -0.2) is 0 Å². The molecule has 0 aliphatic heterocycles. The lowest BCUT2D eigenvalue weighted by Gasteiger charge is -2.18. The number of carbonyl (C=O) groups is 1. The molecule has 0 saturated carbocycles. The molecule has 0 fully saturated rings. The summed E-state index contributed by atoms with van der Waals surface area (Å²) < 4.78 is 5.05. The third-order valence-electron chi connectivity index (χ3n) is 2.46. The van der Waals surface area contributed by atoms with Crippen LogP contribution in [0.2, 0.25) is 0 Å². The zero-order chi connectivity index (χ0) is 12.0. The monoisotopic (exact) mass is 257 g/mol. The first-order chi connectivity index (χ1) is 7.65. The first-order valence-electron chi connectivity index (χ1n) is 5.65. The van der Waals surface area contributed by atoms with Crippen LogP contribution in [0.5, 0.6) is 5.75 Å². The lowest BCUT2D eigenvalue weighted by atomic mass is 10.2. The average molecular weight is 258 g/mol. The molecule has 0 saturated heterocycles. The van der Waals surface area contributed by atoms with Gasteiger partial charge in [0.25, 0.3) is 0 Å². The molecule has 0 spiro atoms. The van der Waals surface area contributed by atoms with E-state index in [0.29, 0.717) is 5.75 Å². The second-order valence-electron chi connectivity index (χ2n) is 3.70. The number of halogens is 1. The lowest BCUT2D eigenvalue weighted by Crippen LogP contribution is -2.22. The summed E-state index contributed by atoms with van der Waals surface area (Å²) in [7, 11) is 0. The predicted octanol–water partition coefficient (Wildman–Crippen LogP) is 2.88. The molecule has 1 rings (SSSR count). The highest BCUT2D eigenvalue weighted by atomic mass is 35.5. The van der Waals surface area contributed by atoms with Crippen molar-refractivity contribution in [2.75, 3.05) is 13.1 Å². The minimum Gasteiger partial charge on any atom is -0.427 e. The van der Waals surface area contributed by atoms with E-state index in [1.165, 1.54) is 12.5 Å². The van der Waals surface area contributed by atoms with Crippen LogP contribution in [0.1, 0.15) is 26.3 Å². The van der Waals surface area contributed by atoms with E-state index in [2.05, 4.69) is 18.7 Å². The van der Waals surface area contributed by atoms with Gasteiger partial charge >= 0.3 is 5.97 Å². The predicted molar refractivity (Wildman–Crippen MR) is 71.6 cm³/mol. The molecule has 0 unspecified atom stereocenters. The Labute approximate surface area is 109 Å². The maximum Gasteiger partial charge on any atom is 0.308 e. The second kappa shape index (κ2) is 8.09. The van der Waals surface area contributed by atoms with Crippen LogP contribution in [-0.2, 0) is 11.3 Å². The third kappa shape index (κ3) is 5.71. The van der Waals surface area contributed by atoms with Crippen LogP contribution >= 0.6 is 12.4 Å². The van der Waals surface area contributed by atoms with Crippen molar-refractivity contribution < 1.29 is 9.53 Å². The first kappa shape index (κ1) is 15.9. The molecule has 0 heterocycles. The topological polar surface area (TPSA) is 29.5 Å². The largest absolute Gasteiger partial charge is 0.427 e. The zero-order valence-electron chi connectivity index (χ0n) is 10.6. The molecule has 4 heteroatoms. The summed E-state index contributed by atoms with van der Waals surface area (Å²) in [4.78, 5) is 13.1. The van der Waals surface area contributed by atoms with E-state index in [1.807, 2.05) is 18.2 Å². The van der Waals surface area contributed by atoms with Crippen LogP contribution in [-0.4, -0.2) is 24.0 Å². The molecule has 0 N–H and O–H groups in total. The Morgan fingerprint density at radius 2 is 1.94 bits per heavy atom. The van der Waals surface area contributed by atoms with Crippen molar-refractivity contribution in [1.29, 1.82) is 0 Å². The number of carbonyl (C=O) groups excluding carboxylic acids is 1. The number of esters is 1. The molecule has 0 aliphatic carbocycles. The van der Waals surface area contributed by atoms with Crippen LogP contribution in [0.25, 0.3) is 0 Å². The van der Waals surface area contributed by atoms with Crippen molar-refractivity contribution in [3.8, 4) is 5.75 Å². The van der Waals surface area contributed by atoms with Gasteiger partial charge in [-0.1, -0.05) is 26.0 Å². The third-order valence-corrected chi connectivity index (χ3v) is 2.46. The first-order valence-corrected chi connectivity index (χ1v) is 5.65. The molecule has 0 aliphatic rings. The molecule has 3 nitrogen and oxygen atoms in total. The molecule has 0 radical (unpaired) electrons. The summed E-state index contributed by atoms with van der Waals surface area (Å²) in [5, 5.41) is 0. The molecule has 0 bridgehead atoms. The maximum atomic E-state index is 10.8. The van der Waals surface area contributed by atoms with Crippen LogP contribution < -0.4 is 4.74 Å². The van der Waals surface area contributed by atoms with Gasteiger partial charge in [0.2, 0.25) is 0 Å². The minimum absolute atomic E-state index is 0. The fraction of sp³-hybridized carbons (Fsp3) is 0.462. The molecule has 0 atom stereocenters. The van der Waals surface area contributed by atoms with Gasteiger partial charge in [-0.2, -0.15) is 0 Å². The Bertz CT molecular complexity index is 351. The van der Waals surface area contributed by atoms with E-state index in [4.69, 9.17) is 4.74 Å². The van der Waals surface area contributed by atoms with Crippen molar-refractivity contribution in [2.45, 2.75) is 27.3 Å². The highest BCUT2D eigenvalue weighted by molar-refractivity contribution is 5.85. The molecule has 17 heavy (non-hydrogen) atoms. The summed E-state index contributed by atoms with van der Waals surface area (Å²) >= 11 is 0. The van der Waals surface area contributed by atoms with Gasteiger partial charge in [0.05, 0.1) is 0 Å². The molecule has 0 aromatic heterocycles. The highest BCUT2D eigenvalue weighted by Gasteiger charge is 2.03. The maximum absolute atomic E-state index is 10.8. The Kier molecular flexibility index (Phi) is 7.59. The number of ether oxygens (including phenoxy) is 1. The fourth-order valence-corrected chi connectivity index (χ4v) is 1.58. The normalized spacial score (nSPS) is 9.88. The fourth-order valence-electron chi connectivity index (χ4n) is 1.58. The van der Waals surface area contributed by atoms with E-state index in [0.717, 1.165) is 19.6 Å². The van der Waals surface area contributed by atoms with E-state index < -0.39 is 0 Å². The molecule has 96 valence electrons. The number of nitrogens with zero attached hydrogens (tertiary/aromatic N) is 1. The summed E-state index contributed by atoms with van der Waals surface area (Å²) in [6, 6.07) is 7.68. The SMILES string of the molecule is CCN(CC)Cc1cccc(OC(C)=O)c1.Cl. The molecule has 0 amide bonds. The van der Waals surface area contributed by atoms with Crippen molar-refractivity contribution in [3.05, 3.63) is 29.8 Å². The van der Waals surface area contributed by atoms with Crippen molar-refractivity contribution in [2.24, 2.45) is 0 Å². The van der Waals surface area contributed by atoms with Gasteiger partial charge in [-0.15, -0.1) is 12.4 Å². The van der Waals surface area contributed by atoms with Crippen LogP contribution in [0, 0.1) is 0 Å². The number of hydrogen-bond donors (Lipinski definition) is 0. The van der Waals surface area contributed by atoms with Crippen LogP contribution in [0.4, 0.5) is 0 Å². The van der Waals surface area contributed by atoms with Gasteiger partial charge in [-0.3, -0.25) is 9.69 Å². The van der Waals surface area contributed by atoms with Gasteiger partial charge in [0, 0.05) is 13.5 Å². The lowest BCUT2D eigenvalue weighted by molar-refractivity contribution is -0.131. The van der Waals surface area contributed by atoms with Gasteiger partial charge in [-0.05, 0) is 30.8 Å². The Hall–Kier alpha value is -1.06. The Morgan fingerprint density at radius 3 is 2.47 bits per heavy atom. The summed E-state index contributed by atoms with van der Waals surface area (Å²) in [5.74, 6) is 0.345. The van der Waals surface area contributed by atoms with E-state index in [9.17, 15) is 4.79 Å². The Morgan fingerprint density at radius 1 is 1.29 bits per heavy atom. The van der Waals surface area contributed by atoms with E-state index in [1.54, 1.807) is 6.07 Å². The van der Waals surface area contributed by atoms with Crippen LogP contribution in [0.15, 0.2) is 24.3 Å². The summed E-state index contributed by atoms with van der Waals surface area (Å²) in [5.41, 5.74) is 1.17. The number of benzene rings is 1.